The lowest BCUT2D eigenvalue weighted by Crippen LogP contribution is -2.22. The van der Waals surface area contributed by atoms with Crippen molar-refractivity contribution in [2.45, 2.75) is 84.4 Å². The first-order valence-electron chi connectivity index (χ1n) is 16.0. The molecule has 0 atom stereocenters. The summed E-state index contributed by atoms with van der Waals surface area (Å²) in [5.74, 6) is 0.0769. The van der Waals surface area contributed by atoms with E-state index in [1.807, 2.05) is 17.6 Å². The van der Waals surface area contributed by atoms with Crippen molar-refractivity contribution in [3.8, 4) is 34.7 Å². The molecule has 0 amide bonds. The number of halogens is 4. The van der Waals surface area contributed by atoms with Crippen molar-refractivity contribution in [2.24, 2.45) is 0 Å². The van der Waals surface area contributed by atoms with Crippen LogP contribution in [-0.2, 0) is 30.8 Å². The van der Waals surface area contributed by atoms with Gasteiger partial charge < -0.3 is 23.3 Å². The Balaban J connectivity index is 1.36. The summed E-state index contributed by atoms with van der Waals surface area (Å²) in [6, 6.07) is 4.09. The second-order valence-corrected chi connectivity index (χ2v) is 18.9. The van der Waals surface area contributed by atoms with E-state index < -0.39 is 25.8 Å². The Morgan fingerprint density at radius 1 is 1.02 bits per heavy atom. The first-order valence-corrected chi connectivity index (χ1v) is 19.7. The molecular formula is C33H38F4N8O3Si. The Labute approximate surface area is 281 Å². The molecule has 0 bridgehead atoms. The van der Waals surface area contributed by atoms with Gasteiger partial charge in [-0.05, 0) is 44.9 Å². The van der Waals surface area contributed by atoms with Crippen molar-refractivity contribution >= 4 is 19.1 Å². The number of hydrogen-bond donors (Lipinski definition) is 0. The third-order valence-corrected chi connectivity index (χ3v) is 9.96. The van der Waals surface area contributed by atoms with Crippen molar-refractivity contribution in [3.05, 3.63) is 59.3 Å². The summed E-state index contributed by atoms with van der Waals surface area (Å²) in [5.41, 5.74) is 2.37. The molecule has 0 N–H and O–H groups in total. The Morgan fingerprint density at radius 2 is 1.80 bits per heavy atom. The summed E-state index contributed by atoms with van der Waals surface area (Å²) in [6.07, 6.45) is 0.945. The van der Waals surface area contributed by atoms with Crippen molar-refractivity contribution in [2.75, 3.05) is 13.7 Å². The number of aromatic nitrogens is 8. The maximum Gasteiger partial charge on any atom is 0.434 e. The highest BCUT2D eigenvalue weighted by molar-refractivity contribution is 6.76. The van der Waals surface area contributed by atoms with Crippen LogP contribution in [0.1, 0.15) is 48.3 Å². The predicted molar refractivity (Wildman–Crippen MR) is 176 cm³/mol. The molecule has 11 nitrogen and oxygen atoms in total. The molecule has 6 rings (SSSR count). The van der Waals surface area contributed by atoms with E-state index in [1.54, 1.807) is 6.92 Å². The molecule has 260 valence electrons. The van der Waals surface area contributed by atoms with Gasteiger partial charge in [-0.2, -0.15) is 18.2 Å². The van der Waals surface area contributed by atoms with E-state index in [1.165, 1.54) is 30.3 Å². The molecule has 0 aliphatic heterocycles. The van der Waals surface area contributed by atoms with E-state index >= 15 is 4.39 Å². The van der Waals surface area contributed by atoms with Crippen LogP contribution >= 0.6 is 0 Å². The molecule has 1 saturated carbocycles. The summed E-state index contributed by atoms with van der Waals surface area (Å²) >= 11 is 0. The van der Waals surface area contributed by atoms with E-state index in [0.29, 0.717) is 40.5 Å². The molecule has 0 unspecified atom stereocenters. The smallest absolute Gasteiger partial charge is 0.434 e. The molecule has 5 aromatic rings. The molecule has 49 heavy (non-hydrogen) atoms. The van der Waals surface area contributed by atoms with Crippen LogP contribution in [0, 0.1) is 12.7 Å². The zero-order valence-electron chi connectivity index (χ0n) is 28.2. The summed E-state index contributed by atoms with van der Waals surface area (Å²) in [4.78, 5) is 26.4. The summed E-state index contributed by atoms with van der Waals surface area (Å²) in [5, 5.41) is 0. The fourth-order valence-corrected chi connectivity index (χ4v) is 6.20. The molecule has 5 aromatic heterocycles. The van der Waals surface area contributed by atoms with Crippen molar-refractivity contribution in [3.63, 3.8) is 0 Å². The van der Waals surface area contributed by atoms with E-state index in [-0.39, 0.29) is 43.2 Å². The topological polar surface area (TPSA) is 115 Å². The lowest BCUT2D eigenvalue weighted by atomic mass is 10.1. The second kappa shape index (κ2) is 13.5. The van der Waals surface area contributed by atoms with Crippen LogP contribution in [0.4, 0.5) is 17.6 Å². The number of rotatable bonds is 13. The highest BCUT2D eigenvalue weighted by Crippen LogP contribution is 2.45. The summed E-state index contributed by atoms with van der Waals surface area (Å²) in [7, 11) is 0.213. The lowest BCUT2D eigenvalue weighted by molar-refractivity contribution is -0.140. The minimum absolute atomic E-state index is 0.148. The first kappa shape index (κ1) is 34.4. The molecule has 5 heterocycles. The Morgan fingerprint density at radius 3 is 2.45 bits per heavy atom. The number of hydrogen-bond acceptors (Lipinski definition) is 9. The van der Waals surface area contributed by atoms with Crippen LogP contribution in [0.15, 0.2) is 30.9 Å². The van der Waals surface area contributed by atoms with E-state index in [9.17, 15) is 13.2 Å². The minimum atomic E-state index is -4.67. The number of nitrogens with zero attached hydrogens (tertiary/aromatic N) is 8. The zero-order chi connectivity index (χ0) is 35.1. The number of fused-ring (bicyclic) bond motifs is 1. The maximum atomic E-state index is 15.4. The van der Waals surface area contributed by atoms with Gasteiger partial charge in [0.2, 0.25) is 11.8 Å². The highest BCUT2D eigenvalue weighted by atomic mass is 28.3. The third-order valence-electron chi connectivity index (χ3n) is 8.25. The van der Waals surface area contributed by atoms with Crippen LogP contribution in [-0.4, -0.2) is 60.8 Å². The normalized spacial score (nSPS) is 13.8. The zero-order valence-corrected chi connectivity index (χ0v) is 29.2. The van der Waals surface area contributed by atoms with Gasteiger partial charge >= 0.3 is 6.18 Å². The molecule has 0 radical (unpaired) electrons. The molecule has 0 spiro atoms. The van der Waals surface area contributed by atoms with Gasteiger partial charge in [0, 0.05) is 50.8 Å². The van der Waals surface area contributed by atoms with E-state index in [2.05, 4.69) is 39.6 Å². The third kappa shape index (κ3) is 7.44. The van der Waals surface area contributed by atoms with Gasteiger partial charge in [-0.25, -0.2) is 29.3 Å². The Kier molecular flexibility index (Phi) is 9.45. The molecule has 1 fully saturated rings. The highest BCUT2D eigenvalue weighted by Gasteiger charge is 2.36. The molecule has 1 aliphatic carbocycles. The van der Waals surface area contributed by atoms with Crippen LogP contribution in [0.3, 0.4) is 0 Å². The predicted octanol–water partition coefficient (Wildman–Crippen LogP) is 7.41. The first-order chi connectivity index (χ1) is 23.3. The van der Waals surface area contributed by atoms with Gasteiger partial charge in [-0.3, -0.25) is 0 Å². The number of pyridine rings is 1. The number of ether oxygens (including phenoxy) is 3. The van der Waals surface area contributed by atoms with Crippen LogP contribution in [0.25, 0.3) is 33.9 Å². The van der Waals surface area contributed by atoms with Crippen LogP contribution in [0.5, 0.6) is 11.8 Å². The Hall–Kier alpha value is -4.44. The lowest BCUT2D eigenvalue weighted by Gasteiger charge is -2.17. The van der Waals surface area contributed by atoms with Gasteiger partial charge in [0.1, 0.15) is 36.4 Å². The number of alkyl halides is 3. The van der Waals surface area contributed by atoms with Crippen LogP contribution in [0.2, 0.25) is 25.7 Å². The van der Waals surface area contributed by atoms with Gasteiger partial charge in [-0.1, -0.05) is 19.6 Å². The quantitative estimate of drug-likeness (QED) is 0.0704. The molecule has 1 aliphatic rings. The largest absolute Gasteiger partial charge is 0.480 e. The maximum absolute atomic E-state index is 15.4. The van der Waals surface area contributed by atoms with Crippen LogP contribution < -0.4 is 9.47 Å². The molecule has 0 aromatic carbocycles. The summed E-state index contributed by atoms with van der Waals surface area (Å²) in [6.45, 7) is 11.3. The minimum Gasteiger partial charge on any atom is -0.480 e. The van der Waals surface area contributed by atoms with E-state index in [0.717, 1.165) is 36.5 Å². The van der Waals surface area contributed by atoms with Gasteiger partial charge in [0.05, 0.1) is 18.3 Å². The van der Waals surface area contributed by atoms with Crippen molar-refractivity contribution in [1.82, 2.24) is 39.0 Å². The van der Waals surface area contributed by atoms with Gasteiger partial charge in [-0.15, -0.1) is 0 Å². The number of methoxy groups -OCH3 is 1. The summed E-state index contributed by atoms with van der Waals surface area (Å²) < 4.78 is 76.6. The fourth-order valence-electron chi connectivity index (χ4n) is 5.44. The SMILES string of the molecule is CCn1cc(C(F)(F)F)nc1-c1ncc(COc2nc(-c3c(OC)ncnc3C3CC3)nc3cc(C)n(COCC[Si](C)(C)C)c23)cc1F. The fraction of sp³-hybridized carbons (Fsp3) is 0.455. The standard InChI is InChI=1S/C33H38F4N8O3Si/c1-7-44-15-24(33(35,36)37)42-30(44)27-22(34)13-20(14-38-27)16-48-32-28-23(12-19(2)45(28)18-47-10-11-49(4,5)6)41-29(43-32)25-26(21-8-9-21)39-17-40-31(25)46-3/h12-15,17,21H,7-11,16,18H2,1-6H3. The molecule has 16 heteroatoms. The van der Waals surface area contributed by atoms with Gasteiger partial charge in [0.15, 0.2) is 23.2 Å². The number of aryl methyl sites for hydroxylation is 2. The van der Waals surface area contributed by atoms with Crippen molar-refractivity contribution < 1.29 is 31.8 Å². The molecule has 0 saturated heterocycles. The van der Waals surface area contributed by atoms with Gasteiger partial charge in [0.25, 0.3) is 0 Å². The van der Waals surface area contributed by atoms with E-state index in [4.69, 9.17) is 24.2 Å². The van der Waals surface area contributed by atoms with Crippen molar-refractivity contribution in [1.29, 1.82) is 0 Å². The monoisotopic (exact) mass is 698 g/mol. The second-order valence-electron chi connectivity index (χ2n) is 13.3. The Bertz CT molecular complexity index is 1990. The number of imidazole rings is 1. The average molecular weight is 699 g/mol. The average Bonchev–Trinajstić information content (AvgIpc) is 3.71. The molecular weight excluding hydrogens is 660 g/mol.